The number of hydrogen-bond donors (Lipinski definition) is 2. The summed E-state index contributed by atoms with van der Waals surface area (Å²) in [5.74, 6) is 0.882. The zero-order valence-electron chi connectivity index (χ0n) is 14.3. The van der Waals surface area contributed by atoms with Crippen molar-refractivity contribution >= 4 is 16.0 Å². The van der Waals surface area contributed by atoms with Crippen LogP contribution in [0.2, 0.25) is 0 Å². The predicted molar refractivity (Wildman–Crippen MR) is 90.5 cm³/mol. The molecule has 1 aliphatic carbocycles. The zero-order valence-corrected chi connectivity index (χ0v) is 15.1. The Bertz CT molecular complexity index is 522. The number of sulfonamides is 1. The van der Waals surface area contributed by atoms with Crippen LogP contribution in [0.25, 0.3) is 0 Å². The number of hydrogen-bond acceptors (Lipinski definition) is 3. The van der Waals surface area contributed by atoms with E-state index < -0.39 is 15.6 Å². The molecule has 0 unspecified atom stereocenters. The normalized spacial score (nSPS) is 22.5. The first-order valence-corrected chi connectivity index (χ1v) is 9.99. The molecule has 0 bridgehead atoms. The maximum Gasteiger partial charge on any atom is 0.209 e. The van der Waals surface area contributed by atoms with Crippen LogP contribution in [-0.4, -0.2) is 57.8 Å². The fourth-order valence-electron chi connectivity index (χ4n) is 3.82. The van der Waals surface area contributed by atoms with Gasteiger partial charge in [-0.25, -0.2) is 13.1 Å². The van der Waals surface area contributed by atoms with Crippen LogP contribution in [0.15, 0.2) is 4.99 Å². The molecule has 0 radical (unpaired) electrons. The Hall–Kier alpha value is -0.820. The molecular formula is C15H30N4O2S. The maximum absolute atomic E-state index is 11.4. The molecule has 6 nitrogen and oxygen atoms in total. The van der Waals surface area contributed by atoms with Gasteiger partial charge in [0.05, 0.1) is 6.26 Å². The minimum atomic E-state index is -3.22. The van der Waals surface area contributed by atoms with Gasteiger partial charge >= 0.3 is 0 Å². The fourth-order valence-corrected chi connectivity index (χ4v) is 4.90. The van der Waals surface area contributed by atoms with E-state index in [1.54, 1.807) is 7.05 Å². The van der Waals surface area contributed by atoms with Crippen molar-refractivity contribution in [2.45, 2.75) is 51.5 Å². The highest BCUT2D eigenvalue weighted by Crippen LogP contribution is 2.45. The van der Waals surface area contributed by atoms with E-state index in [-0.39, 0.29) is 0 Å². The molecule has 0 aromatic carbocycles. The Kier molecular flexibility index (Phi) is 5.06. The number of likely N-dealkylation sites (tertiary alicyclic amines) is 1. The minimum Gasteiger partial charge on any atom is -0.354 e. The zero-order chi connectivity index (χ0) is 16.4. The van der Waals surface area contributed by atoms with Crippen LogP contribution in [0.1, 0.15) is 46.0 Å². The first-order chi connectivity index (χ1) is 10.1. The Morgan fingerprint density at radius 2 is 1.91 bits per heavy atom. The highest BCUT2D eigenvalue weighted by molar-refractivity contribution is 7.88. The van der Waals surface area contributed by atoms with Crippen LogP contribution in [0.3, 0.4) is 0 Å². The van der Waals surface area contributed by atoms with Gasteiger partial charge in [0, 0.05) is 32.2 Å². The second kappa shape index (κ2) is 6.35. The highest BCUT2D eigenvalue weighted by Gasteiger charge is 2.41. The molecule has 128 valence electrons. The van der Waals surface area contributed by atoms with Crippen LogP contribution >= 0.6 is 0 Å². The molecule has 1 saturated heterocycles. The summed E-state index contributed by atoms with van der Waals surface area (Å²) in [6, 6.07) is 0. The second-order valence-corrected chi connectivity index (χ2v) is 9.29. The second-order valence-electron chi connectivity index (χ2n) is 7.54. The third-order valence-electron chi connectivity index (χ3n) is 4.76. The Morgan fingerprint density at radius 3 is 2.45 bits per heavy atom. The van der Waals surface area contributed by atoms with Crippen LogP contribution < -0.4 is 10.0 Å². The quantitative estimate of drug-likeness (QED) is 0.599. The monoisotopic (exact) mass is 330 g/mol. The largest absolute Gasteiger partial charge is 0.354 e. The van der Waals surface area contributed by atoms with Gasteiger partial charge in [0.25, 0.3) is 0 Å². The average Bonchev–Trinajstić information content (AvgIpc) is 2.98. The third-order valence-corrected chi connectivity index (χ3v) is 5.69. The fraction of sp³-hybridized carbons (Fsp3) is 0.933. The van der Waals surface area contributed by atoms with Crippen molar-refractivity contribution in [2.24, 2.45) is 10.4 Å². The average molecular weight is 330 g/mol. The molecule has 2 fully saturated rings. The number of aliphatic imine (C=N–C) groups is 1. The van der Waals surface area contributed by atoms with Gasteiger partial charge in [-0.05, 0) is 38.5 Å². The van der Waals surface area contributed by atoms with E-state index in [1.165, 1.54) is 38.4 Å². The van der Waals surface area contributed by atoms with E-state index in [0.29, 0.717) is 12.0 Å². The topological polar surface area (TPSA) is 73.8 Å². The van der Waals surface area contributed by atoms with Crippen molar-refractivity contribution in [3.8, 4) is 0 Å². The molecule has 1 aliphatic heterocycles. The maximum atomic E-state index is 11.4. The van der Waals surface area contributed by atoms with Gasteiger partial charge in [0.15, 0.2) is 5.96 Å². The van der Waals surface area contributed by atoms with E-state index in [1.807, 2.05) is 13.8 Å². The summed E-state index contributed by atoms with van der Waals surface area (Å²) in [7, 11) is -1.43. The summed E-state index contributed by atoms with van der Waals surface area (Å²) < 4.78 is 25.5. The van der Waals surface area contributed by atoms with E-state index in [9.17, 15) is 8.42 Å². The van der Waals surface area contributed by atoms with Gasteiger partial charge in [-0.1, -0.05) is 12.8 Å². The van der Waals surface area contributed by atoms with Gasteiger partial charge in [0.2, 0.25) is 10.0 Å². The minimum absolute atomic E-state index is 0.498. The standard InChI is InChI=1S/C15H30N4O2S/c1-14(2,18-22(4,20)21)11-17-13(16-3)19-10-9-15(12-19)7-5-6-8-15/h18H,5-12H2,1-4H3,(H,16,17). The van der Waals surface area contributed by atoms with Crippen LogP contribution in [0.4, 0.5) is 0 Å². The SMILES string of the molecule is CN=C(NCC(C)(C)NS(C)(=O)=O)N1CCC2(CCCC2)C1. The van der Waals surface area contributed by atoms with Crippen molar-refractivity contribution < 1.29 is 8.42 Å². The van der Waals surface area contributed by atoms with E-state index in [4.69, 9.17) is 0 Å². The molecule has 2 aliphatic rings. The Labute approximate surface area is 134 Å². The van der Waals surface area contributed by atoms with Crippen LogP contribution in [-0.2, 0) is 10.0 Å². The van der Waals surface area contributed by atoms with Crippen molar-refractivity contribution in [1.29, 1.82) is 0 Å². The molecule has 2 N–H and O–H groups in total. The lowest BCUT2D eigenvalue weighted by Crippen LogP contribution is -2.53. The van der Waals surface area contributed by atoms with Crippen LogP contribution in [0, 0.1) is 5.41 Å². The Balaban J connectivity index is 1.91. The molecule has 1 saturated carbocycles. The molecule has 2 rings (SSSR count). The predicted octanol–water partition coefficient (Wildman–Crippen LogP) is 1.16. The smallest absolute Gasteiger partial charge is 0.209 e. The van der Waals surface area contributed by atoms with Gasteiger partial charge in [-0.2, -0.15) is 0 Å². The van der Waals surface area contributed by atoms with Crippen molar-refractivity contribution in [1.82, 2.24) is 14.9 Å². The summed E-state index contributed by atoms with van der Waals surface area (Å²) in [5.41, 5.74) is -0.0492. The molecule has 1 spiro atoms. The lowest BCUT2D eigenvalue weighted by atomic mass is 9.86. The number of nitrogens with one attached hydrogen (secondary N) is 2. The van der Waals surface area contributed by atoms with Crippen molar-refractivity contribution in [3.05, 3.63) is 0 Å². The third kappa shape index (κ3) is 4.59. The van der Waals surface area contributed by atoms with Crippen molar-refractivity contribution in [2.75, 3.05) is 32.9 Å². The summed E-state index contributed by atoms with van der Waals surface area (Å²) in [5, 5.41) is 3.33. The van der Waals surface area contributed by atoms with E-state index >= 15 is 0 Å². The highest BCUT2D eigenvalue weighted by atomic mass is 32.2. The van der Waals surface area contributed by atoms with Crippen molar-refractivity contribution in [3.63, 3.8) is 0 Å². The molecule has 0 aromatic heterocycles. The lowest BCUT2D eigenvalue weighted by molar-refractivity contribution is 0.308. The number of nitrogens with zero attached hydrogens (tertiary/aromatic N) is 2. The molecule has 0 aromatic rings. The van der Waals surface area contributed by atoms with E-state index in [0.717, 1.165) is 19.0 Å². The molecule has 22 heavy (non-hydrogen) atoms. The molecule has 0 atom stereocenters. The molecule has 1 heterocycles. The first kappa shape index (κ1) is 17.5. The van der Waals surface area contributed by atoms with Gasteiger partial charge in [0.1, 0.15) is 0 Å². The number of rotatable bonds is 4. The van der Waals surface area contributed by atoms with Crippen LogP contribution in [0.5, 0.6) is 0 Å². The Morgan fingerprint density at radius 1 is 1.27 bits per heavy atom. The molecular weight excluding hydrogens is 300 g/mol. The summed E-state index contributed by atoms with van der Waals surface area (Å²) in [4.78, 5) is 6.70. The summed E-state index contributed by atoms with van der Waals surface area (Å²) >= 11 is 0. The summed E-state index contributed by atoms with van der Waals surface area (Å²) in [6.45, 7) is 6.37. The van der Waals surface area contributed by atoms with Gasteiger partial charge in [-0.3, -0.25) is 4.99 Å². The number of guanidine groups is 1. The molecule has 7 heteroatoms. The summed E-state index contributed by atoms with van der Waals surface area (Å²) in [6.07, 6.45) is 7.81. The molecule has 0 amide bonds. The first-order valence-electron chi connectivity index (χ1n) is 8.09. The lowest BCUT2D eigenvalue weighted by Gasteiger charge is -2.30. The van der Waals surface area contributed by atoms with Gasteiger partial charge < -0.3 is 10.2 Å². The van der Waals surface area contributed by atoms with E-state index in [2.05, 4.69) is 19.9 Å². The van der Waals surface area contributed by atoms with Gasteiger partial charge in [-0.15, -0.1) is 0 Å².